The van der Waals surface area contributed by atoms with E-state index in [0.717, 1.165) is 0 Å². The predicted octanol–water partition coefficient (Wildman–Crippen LogP) is 1.16. The summed E-state index contributed by atoms with van der Waals surface area (Å²) in [7, 11) is 1.66. The molecule has 1 atom stereocenters. The van der Waals surface area contributed by atoms with E-state index in [1.807, 2.05) is 30.3 Å². The molecule has 1 rings (SSSR count). The van der Waals surface area contributed by atoms with Crippen LogP contribution in [-0.4, -0.2) is 26.7 Å². The zero-order valence-corrected chi connectivity index (χ0v) is 8.27. The van der Waals surface area contributed by atoms with Crippen LogP contribution < -0.4 is 5.32 Å². The molecule has 3 heteroatoms. The third-order valence-electron chi connectivity index (χ3n) is 2.09. The van der Waals surface area contributed by atoms with Crippen LogP contribution >= 0.6 is 0 Å². The van der Waals surface area contributed by atoms with Gasteiger partial charge in [0.2, 0.25) is 6.41 Å². The molecule has 0 radical (unpaired) electrons. The van der Waals surface area contributed by atoms with Crippen molar-refractivity contribution in [3.63, 3.8) is 0 Å². The first-order valence-electron chi connectivity index (χ1n) is 4.59. The van der Waals surface area contributed by atoms with Crippen LogP contribution in [0.2, 0.25) is 0 Å². The molecular weight excluding hydrogens is 178 g/mol. The Morgan fingerprint density at radius 3 is 2.71 bits per heavy atom. The Morgan fingerprint density at radius 1 is 1.43 bits per heavy atom. The fourth-order valence-electron chi connectivity index (χ4n) is 1.39. The van der Waals surface area contributed by atoms with Crippen LogP contribution in [0, 0.1) is 0 Å². The largest absolute Gasteiger partial charge is 0.384 e. The summed E-state index contributed by atoms with van der Waals surface area (Å²) in [6.45, 7) is 1.23. The van der Waals surface area contributed by atoms with Gasteiger partial charge in [-0.3, -0.25) is 4.79 Å². The highest BCUT2D eigenvalue weighted by atomic mass is 16.5. The molecule has 0 aliphatic heterocycles. The minimum atomic E-state index is 0.228. The van der Waals surface area contributed by atoms with Crippen molar-refractivity contribution in [2.45, 2.75) is 5.92 Å². The molecule has 1 amide bonds. The van der Waals surface area contributed by atoms with E-state index >= 15 is 0 Å². The molecular formula is C11H15NO2. The van der Waals surface area contributed by atoms with Crippen molar-refractivity contribution < 1.29 is 9.53 Å². The van der Waals surface area contributed by atoms with Crippen molar-refractivity contribution in [2.24, 2.45) is 0 Å². The molecule has 0 fully saturated rings. The van der Waals surface area contributed by atoms with Crippen LogP contribution in [0.5, 0.6) is 0 Å². The van der Waals surface area contributed by atoms with Crippen molar-refractivity contribution in [3.05, 3.63) is 35.9 Å². The molecule has 14 heavy (non-hydrogen) atoms. The Kier molecular flexibility index (Phi) is 4.72. The smallest absolute Gasteiger partial charge is 0.207 e. The molecule has 0 bridgehead atoms. The Labute approximate surface area is 84.1 Å². The Morgan fingerprint density at radius 2 is 2.14 bits per heavy atom. The molecule has 0 aliphatic carbocycles. The minimum Gasteiger partial charge on any atom is -0.384 e. The van der Waals surface area contributed by atoms with Gasteiger partial charge < -0.3 is 10.1 Å². The van der Waals surface area contributed by atoms with Gasteiger partial charge in [-0.05, 0) is 5.56 Å². The van der Waals surface area contributed by atoms with E-state index < -0.39 is 0 Å². The number of carbonyl (C=O) groups is 1. The Hall–Kier alpha value is -1.35. The first-order chi connectivity index (χ1) is 6.88. The van der Waals surface area contributed by atoms with Gasteiger partial charge in [-0.15, -0.1) is 0 Å². The topological polar surface area (TPSA) is 38.3 Å². The van der Waals surface area contributed by atoms with Gasteiger partial charge in [-0.2, -0.15) is 0 Å². The average molecular weight is 193 g/mol. The van der Waals surface area contributed by atoms with Crippen molar-refractivity contribution in [1.82, 2.24) is 5.32 Å². The normalized spacial score (nSPS) is 12.1. The van der Waals surface area contributed by atoms with E-state index in [2.05, 4.69) is 5.32 Å². The number of ether oxygens (including phenoxy) is 1. The fourth-order valence-corrected chi connectivity index (χ4v) is 1.39. The fraction of sp³-hybridized carbons (Fsp3) is 0.364. The van der Waals surface area contributed by atoms with Gasteiger partial charge in [-0.25, -0.2) is 0 Å². The zero-order chi connectivity index (χ0) is 10.2. The van der Waals surface area contributed by atoms with Crippen molar-refractivity contribution in [1.29, 1.82) is 0 Å². The maximum Gasteiger partial charge on any atom is 0.207 e. The molecule has 76 valence electrons. The Bertz CT molecular complexity index is 261. The van der Waals surface area contributed by atoms with Gasteiger partial charge in [0.25, 0.3) is 0 Å². The standard InChI is InChI=1S/C11H15NO2/c1-14-8-11(7-12-9-13)10-5-3-2-4-6-10/h2-6,9,11H,7-8H2,1H3,(H,12,13). The second kappa shape index (κ2) is 6.16. The highest BCUT2D eigenvalue weighted by molar-refractivity contribution is 5.46. The second-order valence-corrected chi connectivity index (χ2v) is 3.09. The lowest BCUT2D eigenvalue weighted by Crippen LogP contribution is -2.23. The van der Waals surface area contributed by atoms with E-state index in [1.165, 1.54) is 5.56 Å². The van der Waals surface area contributed by atoms with Crippen molar-refractivity contribution in [2.75, 3.05) is 20.3 Å². The maximum atomic E-state index is 10.2. The van der Waals surface area contributed by atoms with Crippen LogP contribution in [0.4, 0.5) is 0 Å². The number of benzene rings is 1. The molecule has 1 unspecified atom stereocenters. The monoisotopic (exact) mass is 193 g/mol. The van der Waals surface area contributed by atoms with Crippen LogP contribution in [0.15, 0.2) is 30.3 Å². The third-order valence-corrected chi connectivity index (χ3v) is 2.09. The molecule has 1 N–H and O–H groups in total. The average Bonchev–Trinajstić information content (AvgIpc) is 2.25. The lowest BCUT2D eigenvalue weighted by Gasteiger charge is -2.15. The predicted molar refractivity (Wildman–Crippen MR) is 55.1 cm³/mol. The summed E-state index contributed by atoms with van der Waals surface area (Å²) in [6, 6.07) is 10.0. The van der Waals surface area contributed by atoms with E-state index in [-0.39, 0.29) is 5.92 Å². The number of rotatable bonds is 6. The maximum absolute atomic E-state index is 10.2. The number of nitrogens with one attached hydrogen (secondary N) is 1. The van der Waals surface area contributed by atoms with E-state index in [0.29, 0.717) is 19.6 Å². The second-order valence-electron chi connectivity index (χ2n) is 3.09. The summed E-state index contributed by atoms with van der Waals surface area (Å²) in [6.07, 6.45) is 0.714. The van der Waals surface area contributed by atoms with E-state index in [4.69, 9.17) is 4.74 Å². The molecule has 0 heterocycles. The molecule has 0 aliphatic rings. The third kappa shape index (κ3) is 3.18. The molecule has 0 aromatic heterocycles. The lowest BCUT2D eigenvalue weighted by atomic mass is 10.0. The van der Waals surface area contributed by atoms with Gasteiger partial charge in [-0.1, -0.05) is 30.3 Å². The highest BCUT2D eigenvalue weighted by Gasteiger charge is 2.09. The number of hydrogen-bond donors (Lipinski definition) is 1. The molecule has 0 spiro atoms. The van der Waals surface area contributed by atoms with Crippen LogP contribution in [-0.2, 0) is 9.53 Å². The first-order valence-corrected chi connectivity index (χ1v) is 4.59. The zero-order valence-electron chi connectivity index (χ0n) is 8.27. The van der Waals surface area contributed by atoms with Gasteiger partial charge in [0.05, 0.1) is 6.61 Å². The summed E-state index contributed by atoms with van der Waals surface area (Å²) in [5.41, 5.74) is 1.18. The lowest BCUT2D eigenvalue weighted by molar-refractivity contribution is -0.109. The number of amides is 1. The highest BCUT2D eigenvalue weighted by Crippen LogP contribution is 2.14. The Balaban J connectivity index is 2.62. The van der Waals surface area contributed by atoms with E-state index in [9.17, 15) is 4.79 Å². The summed E-state index contributed by atoms with van der Waals surface area (Å²) in [5.74, 6) is 0.228. The van der Waals surface area contributed by atoms with Gasteiger partial charge >= 0.3 is 0 Å². The molecule has 0 saturated carbocycles. The first kappa shape index (κ1) is 10.7. The number of hydrogen-bond acceptors (Lipinski definition) is 2. The molecule has 1 aromatic rings. The quantitative estimate of drug-likeness (QED) is 0.688. The van der Waals surface area contributed by atoms with Crippen LogP contribution in [0.1, 0.15) is 11.5 Å². The van der Waals surface area contributed by atoms with E-state index in [1.54, 1.807) is 7.11 Å². The summed E-state index contributed by atoms with van der Waals surface area (Å²) in [5, 5.41) is 2.67. The number of carbonyl (C=O) groups excluding carboxylic acids is 1. The van der Waals surface area contributed by atoms with Crippen LogP contribution in [0.3, 0.4) is 0 Å². The summed E-state index contributed by atoms with van der Waals surface area (Å²) < 4.78 is 5.10. The number of methoxy groups -OCH3 is 1. The summed E-state index contributed by atoms with van der Waals surface area (Å²) >= 11 is 0. The minimum absolute atomic E-state index is 0.228. The van der Waals surface area contributed by atoms with Crippen molar-refractivity contribution in [3.8, 4) is 0 Å². The summed E-state index contributed by atoms with van der Waals surface area (Å²) in [4.78, 5) is 10.2. The molecule has 3 nitrogen and oxygen atoms in total. The molecule has 0 saturated heterocycles. The van der Waals surface area contributed by atoms with Gasteiger partial charge in [0.15, 0.2) is 0 Å². The van der Waals surface area contributed by atoms with Gasteiger partial charge in [0, 0.05) is 19.6 Å². The van der Waals surface area contributed by atoms with Crippen LogP contribution in [0.25, 0.3) is 0 Å². The molecule has 1 aromatic carbocycles. The van der Waals surface area contributed by atoms with Crippen molar-refractivity contribution >= 4 is 6.41 Å². The SMILES string of the molecule is COCC(CNC=O)c1ccccc1. The van der Waals surface area contributed by atoms with Gasteiger partial charge in [0.1, 0.15) is 0 Å².